The average Bonchev–Trinajstić information content (AvgIpc) is 3.49. The number of carbonyl (C=O) groups excluding carboxylic acids is 1. The van der Waals surface area contributed by atoms with Crippen molar-refractivity contribution < 1.29 is 9.37 Å². The molecule has 0 bridgehead atoms. The number of benzene rings is 4. The first kappa shape index (κ1) is 38.2. The standard InChI is InChI=1S/C50H61N2O/c1-9-10-22-35-51-41-33-31-37-24-18-20-26-39(37)46(41)49(5,6)43(51)28-15-12-11-13-16-29-44-50(7,8)47-40-27-21-19-25-38(40)32-34-42(47)52(44)36-23-14-17-30-45(53)48(2,3)4/h11-13,15-16,18-21,24-29,31-34H,9-10,14,17,22-23,30,35-36H2,1-8H3/q+1. The number of fused-ring (bicyclic) bond motifs is 6. The Morgan fingerprint density at radius 1 is 0.698 bits per heavy atom. The zero-order valence-corrected chi connectivity index (χ0v) is 33.6. The van der Waals surface area contributed by atoms with Crippen LogP contribution in [0.3, 0.4) is 0 Å². The number of unbranched alkanes of at least 4 members (excludes halogenated alkanes) is 4. The highest BCUT2D eigenvalue weighted by Gasteiger charge is 2.45. The molecule has 4 aromatic carbocycles. The van der Waals surface area contributed by atoms with Gasteiger partial charge < -0.3 is 4.90 Å². The molecule has 3 heteroatoms. The van der Waals surface area contributed by atoms with Crippen molar-refractivity contribution in [1.29, 1.82) is 0 Å². The summed E-state index contributed by atoms with van der Waals surface area (Å²) in [6.45, 7) is 19.8. The average molecular weight is 706 g/mol. The van der Waals surface area contributed by atoms with E-state index in [2.05, 4.69) is 159 Å². The quantitative estimate of drug-likeness (QED) is 0.0741. The van der Waals surface area contributed by atoms with Crippen LogP contribution in [0.25, 0.3) is 21.5 Å². The van der Waals surface area contributed by atoms with Gasteiger partial charge in [0.05, 0.1) is 5.41 Å². The Balaban J connectivity index is 1.23. The molecule has 6 rings (SSSR count). The van der Waals surface area contributed by atoms with E-state index in [0.29, 0.717) is 12.2 Å². The van der Waals surface area contributed by atoms with Crippen LogP contribution in [-0.2, 0) is 15.6 Å². The summed E-state index contributed by atoms with van der Waals surface area (Å²) in [4.78, 5) is 15.1. The van der Waals surface area contributed by atoms with Crippen molar-refractivity contribution in [2.45, 2.75) is 111 Å². The lowest BCUT2D eigenvalue weighted by atomic mass is 9.79. The normalized spacial score (nSPS) is 17.4. The zero-order valence-electron chi connectivity index (χ0n) is 33.6. The molecule has 0 saturated carbocycles. The van der Waals surface area contributed by atoms with Crippen LogP contribution in [0.15, 0.2) is 121 Å². The fraction of sp³-hybridized carbons (Fsp3) is 0.400. The minimum Gasteiger partial charge on any atom is -0.344 e. The molecule has 0 saturated heterocycles. The summed E-state index contributed by atoms with van der Waals surface area (Å²) in [7, 11) is 0. The molecule has 0 aromatic heterocycles. The minimum atomic E-state index is -0.257. The van der Waals surface area contributed by atoms with E-state index in [9.17, 15) is 4.79 Å². The van der Waals surface area contributed by atoms with E-state index in [1.54, 1.807) is 0 Å². The molecule has 2 aliphatic rings. The third kappa shape index (κ3) is 7.77. The topological polar surface area (TPSA) is 23.3 Å². The number of Topliss-reactive ketones (excluding diaryl/α,β-unsaturated/α-hetero) is 1. The summed E-state index contributed by atoms with van der Waals surface area (Å²) >= 11 is 0. The van der Waals surface area contributed by atoms with Crippen molar-refractivity contribution >= 4 is 44.4 Å². The highest BCUT2D eigenvalue weighted by Crippen LogP contribution is 2.51. The summed E-state index contributed by atoms with van der Waals surface area (Å²) in [5.74, 6) is 0.360. The van der Waals surface area contributed by atoms with Gasteiger partial charge in [0.2, 0.25) is 5.69 Å². The number of allylic oxidation sites excluding steroid dienone is 8. The van der Waals surface area contributed by atoms with Crippen molar-refractivity contribution in [3.63, 3.8) is 0 Å². The van der Waals surface area contributed by atoms with Gasteiger partial charge in [-0.25, -0.2) is 0 Å². The van der Waals surface area contributed by atoms with Crippen LogP contribution >= 0.6 is 0 Å². The highest BCUT2D eigenvalue weighted by molar-refractivity contribution is 6.07. The monoisotopic (exact) mass is 705 g/mol. The SMILES string of the molecule is CCCCCN1/C(=C/C=C/C=C/C=C/C2=[N+](CCCCCC(=O)C(C)(C)C)c3ccc4ccccc4c3C2(C)C)C(C)(C)c2c1ccc1ccccc21. The number of carbonyl (C=O) groups is 1. The predicted octanol–water partition coefficient (Wildman–Crippen LogP) is 13.1. The molecule has 4 aromatic rings. The summed E-state index contributed by atoms with van der Waals surface area (Å²) < 4.78 is 2.54. The first-order valence-electron chi connectivity index (χ1n) is 20.1. The van der Waals surface area contributed by atoms with Crippen molar-refractivity contribution in [2.24, 2.45) is 5.41 Å². The predicted molar refractivity (Wildman–Crippen MR) is 229 cm³/mol. The molecule has 276 valence electrons. The highest BCUT2D eigenvalue weighted by atomic mass is 16.1. The van der Waals surface area contributed by atoms with Crippen molar-refractivity contribution in [1.82, 2.24) is 0 Å². The van der Waals surface area contributed by atoms with Crippen LogP contribution in [0, 0.1) is 5.41 Å². The number of hydrogen-bond acceptors (Lipinski definition) is 2. The molecule has 0 fully saturated rings. The van der Waals surface area contributed by atoms with E-state index in [4.69, 9.17) is 0 Å². The zero-order chi connectivity index (χ0) is 37.8. The maximum atomic E-state index is 12.5. The first-order valence-corrected chi connectivity index (χ1v) is 20.1. The largest absolute Gasteiger partial charge is 0.344 e. The van der Waals surface area contributed by atoms with Gasteiger partial charge in [0, 0.05) is 59.3 Å². The van der Waals surface area contributed by atoms with E-state index in [-0.39, 0.29) is 16.2 Å². The molecule has 0 aliphatic carbocycles. The molecule has 0 N–H and O–H groups in total. The maximum Gasteiger partial charge on any atom is 0.210 e. The summed E-state index contributed by atoms with van der Waals surface area (Å²) in [5, 5.41) is 5.29. The maximum absolute atomic E-state index is 12.5. The molecule has 2 aliphatic heterocycles. The Morgan fingerprint density at radius 3 is 2.04 bits per heavy atom. The van der Waals surface area contributed by atoms with Gasteiger partial charge in [-0.1, -0.05) is 139 Å². The smallest absolute Gasteiger partial charge is 0.210 e. The molecule has 0 spiro atoms. The summed E-state index contributed by atoms with van der Waals surface area (Å²) in [6.07, 6.45) is 22.9. The van der Waals surface area contributed by atoms with Crippen LogP contribution in [0.5, 0.6) is 0 Å². The number of ketones is 1. The summed E-state index contributed by atoms with van der Waals surface area (Å²) in [5.41, 5.74) is 7.72. The second kappa shape index (κ2) is 15.8. The van der Waals surface area contributed by atoms with Gasteiger partial charge in [-0.2, -0.15) is 4.58 Å². The first-order chi connectivity index (χ1) is 25.4. The van der Waals surface area contributed by atoms with E-state index < -0.39 is 0 Å². The van der Waals surface area contributed by atoms with Gasteiger partial charge in [-0.05, 0) is 78.4 Å². The minimum absolute atomic E-state index is 0.0914. The molecule has 0 unspecified atom stereocenters. The van der Waals surface area contributed by atoms with Crippen molar-refractivity contribution in [2.75, 3.05) is 18.0 Å². The molecular formula is C50H61N2O+. The Morgan fingerprint density at radius 2 is 1.34 bits per heavy atom. The number of hydrogen-bond donors (Lipinski definition) is 0. The van der Waals surface area contributed by atoms with Crippen molar-refractivity contribution in [3.05, 3.63) is 132 Å². The van der Waals surface area contributed by atoms with E-state index in [0.717, 1.165) is 32.4 Å². The van der Waals surface area contributed by atoms with Crippen LogP contribution in [-0.4, -0.2) is 29.2 Å². The number of nitrogens with zero attached hydrogens (tertiary/aromatic N) is 2. The Bertz CT molecular complexity index is 2130. The van der Waals surface area contributed by atoms with Gasteiger partial charge in [0.15, 0.2) is 5.71 Å². The molecule has 0 amide bonds. The van der Waals surface area contributed by atoms with Crippen LogP contribution in [0.2, 0.25) is 0 Å². The van der Waals surface area contributed by atoms with E-state index in [1.807, 2.05) is 20.8 Å². The third-order valence-electron chi connectivity index (χ3n) is 11.6. The molecular weight excluding hydrogens is 645 g/mol. The van der Waals surface area contributed by atoms with Gasteiger partial charge in [0.25, 0.3) is 0 Å². The van der Waals surface area contributed by atoms with Crippen LogP contribution in [0.4, 0.5) is 11.4 Å². The molecule has 0 radical (unpaired) electrons. The second-order valence-corrected chi connectivity index (χ2v) is 17.2. The Labute approximate surface area is 319 Å². The second-order valence-electron chi connectivity index (χ2n) is 17.2. The number of rotatable bonds is 14. The summed E-state index contributed by atoms with van der Waals surface area (Å²) in [6, 6.07) is 26.8. The van der Waals surface area contributed by atoms with Gasteiger partial charge >= 0.3 is 0 Å². The van der Waals surface area contributed by atoms with Gasteiger partial charge in [0.1, 0.15) is 12.3 Å². The van der Waals surface area contributed by atoms with E-state index in [1.165, 1.54) is 74.7 Å². The van der Waals surface area contributed by atoms with Gasteiger partial charge in [-0.15, -0.1) is 0 Å². The Hall–Kier alpha value is -4.50. The fourth-order valence-corrected chi connectivity index (χ4v) is 8.67. The lowest BCUT2D eigenvalue weighted by Crippen LogP contribution is -2.28. The van der Waals surface area contributed by atoms with E-state index >= 15 is 0 Å². The van der Waals surface area contributed by atoms with Crippen LogP contribution < -0.4 is 4.90 Å². The molecule has 0 atom stereocenters. The van der Waals surface area contributed by atoms with Gasteiger partial charge in [-0.3, -0.25) is 4.79 Å². The molecule has 53 heavy (non-hydrogen) atoms. The third-order valence-corrected chi connectivity index (χ3v) is 11.6. The number of anilines is 1. The molecule has 2 heterocycles. The van der Waals surface area contributed by atoms with Crippen LogP contribution in [0.1, 0.15) is 111 Å². The van der Waals surface area contributed by atoms with Crippen molar-refractivity contribution in [3.8, 4) is 0 Å². The Kier molecular flexibility index (Phi) is 11.4. The molecule has 3 nitrogen and oxygen atoms in total. The lowest BCUT2D eigenvalue weighted by Gasteiger charge is -2.27. The fourth-order valence-electron chi connectivity index (χ4n) is 8.67. The lowest BCUT2D eigenvalue weighted by molar-refractivity contribution is -0.438.